The van der Waals surface area contributed by atoms with Gasteiger partial charge in [-0.3, -0.25) is 4.90 Å². The second-order valence-corrected chi connectivity index (χ2v) is 12.8. The molecule has 4 heteroatoms. The SMILES string of the molecule is C/C=C\C=C/c1ccccc1-c1cc(N2c3ccccc3-c3cccc4cc5c(sc6ccccc65)c2c34)nc(-c2ccccc2)n1. The Labute approximate surface area is 277 Å². The van der Waals surface area contributed by atoms with E-state index in [0.717, 1.165) is 33.9 Å². The summed E-state index contributed by atoms with van der Waals surface area (Å²) < 4.78 is 2.54. The van der Waals surface area contributed by atoms with Crippen LogP contribution in [0.2, 0.25) is 0 Å². The Hall–Kier alpha value is -5.84. The fourth-order valence-electron chi connectivity index (χ4n) is 6.85. The molecule has 1 aliphatic heterocycles. The largest absolute Gasteiger partial charge is 0.292 e. The molecule has 8 aromatic rings. The molecule has 0 radical (unpaired) electrons. The molecule has 0 saturated heterocycles. The Morgan fingerprint density at radius 3 is 2.30 bits per heavy atom. The number of rotatable bonds is 5. The highest BCUT2D eigenvalue weighted by molar-refractivity contribution is 7.26. The maximum Gasteiger partial charge on any atom is 0.162 e. The van der Waals surface area contributed by atoms with Crippen LogP contribution in [0.5, 0.6) is 0 Å². The van der Waals surface area contributed by atoms with Gasteiger partial charge in [0.1, 0.15) is 5.82 Å². The molecule has 2 aromatic heterocycles. The molecule has 0 fully saturated rings. The minimum atomic E-state index is 0.696. The quantitative estimate of drug-likeness (QED) is 0.180. The number of benzene rings is 6. The highest BCUT2D eigenvalue weighted by atomic mass is 32.1. The molecule has 3 nitrogen and oxygen atoms in total. The molecule has 1 aliphatic rings. The van der Waals surface area contributed by atoms with Gasteiger partial charge in [-0.2, -0.15) is 0 Å². The Morgan fingerprint density at radius 2 is 1.40 bits per heavy atom. The van der Waals surface area contributed by atoms with Gasteiger partial charge in [0.25, 0.3) is 0 Å². The van der Waals surface area contributed by atoms with Gasteiger partial charge in [0.15, 0.2) is 5.82 Å². The van der Waals surface area contributed by atoms with Gasteiger partial charge in [0, 0.05) is 43.6 Å². The van der Waals surface area contributed by atoms with Crippen molar-refractivity contribution >= 4 is 65.6 Å². The molecule has 222 valence electrons. The Bertz CT molecular complexity index is 2540. The van der Waals surface area contributed by atoms with Gasteiger partial charge in [0.05, 0.1) is 21.8 Å². The maximum atomic E-state index is 5.37. The highest BCUT2D eigenvalue weighted by Gasteiger charge is 2.30. The molecule has 9 rings (SSSR count). The lowest BCUT2D eigenvalue weighted by molar-refractivity contribution is 1.13. The molecular weight excluding hydrogens is 591 g/mol. The normalized spacial score (nSPS) is 12.6. The average molecular weight is 620 g/mol. The van der Waals surface area contributed by atoms with E-state index >= 15 is 0 Å². The molecule has 47 heavy (non-hydrogen) atoms. The van der Waals surface area contributed by atoms with Crippen LogP contribution in [0.25, 0.3) is 70.8 Å². The second-order valence-electron chi connectivity index (χ2n) is 11.7. The lowest BCUT2D eigenvalue weighted by Crippen LogP contribution is -2.17. The van der Waals surface area contributed by atoms with E-state index in [2.05, 4.69) is 138 Å². The average Bonchev–Trinajstić information content (AvgIpc) is 3.51. The summed E-state index contributed by atoms with van der Waals surface area (Å²) in [5.41, 5.74) is 8.76. The van der Waals surface area contributed by atoms with E-state index in [-0.39, 0.29) is 0 Å². The lowest BCUT2D eigenvalue weighted by Gasteiger charge is -2.33. The number of anilines is 3. The minimum absolute atomic E-state index is 0.696. The number of nitrogens with zero attached hydrogens (tertiary/aromatic N) is 3. The van der Waals surface area contributed by atoms with Crippen LogP contribution in [0.1, 0.15) is 12.5 Å². The van der Waals surface area contributed by atoms with Crippen LogP contribution in [0.4, 0.5) is 17.2 Å². The first-order valence-corrected chi connectivity index (χ1v) is 16.7. The Morgan fingerprint density at radius 1 is 0.638 bits per heavy atom. The number of hydrogen-bond donors (Lipinski definition) is 0. The summed E-state index contributed by atoms with van der Waals surface area (Å²) >= 11 is 1.86. The molecule has 0 amide bonds. The van der Waals surface area contributed by atoms with Gasteiger partial charge in [-0.05, 0) is 41.6 Å². The molecule has 3 heterocycles. The zero-order valence-electron chi connectivity index (χ0n) is 25.8. The molecule has 0 bridgehead atoms. The third-order valence-corrected chi connectivity index (χ3v) is 10.1. The lowest BCUT2D eigenvalue weighted by atomic mass is 9.90. The van der Waals surface area contributed by atoms with Crippen molar-refractivity contribution in [2.24, 2.45) is 0 Å². The first-order chi connectivity index (χ1) is 23.3. The van der Waals surface area contributed by atoms with Crippen molar-refractivity contribution in [2.45, 2.75) is 6.92 Å². The van der Waals surface area contributed by atoms with Crippen molar-refractivity contribution in [2.75, 3.05) is 4.90 Å². The topological polar surface area (TPSA) is 29.0 Å². The number of para-hydroxylation sites is 1. The van der Waals surface area contributed by atoms with Gasteiger partial charge in [0.2, 0.25) is 0 Å². The van der Waals surface area contributed by atoms with E-state index in [1.165, 1.54) is 47.8 Å². The summed E-state index contributed by atoms with van der Waals surface area (Å²) in [5, 5.41) is 5.03. The number of fused-ring (bicyclic) bond motifs is 6. The third-order valence-electron chi connectivity index (χ3n) is 8.93. The van der Waals surface area contributed by atoms with Crippen LogP contribution in [0, 0.1) is 0 Å². The van der Waals surface area contributed by atoms with Crippen LogP contribution in [-0.2, 0) is 0 Å². The van der Waals surface area contributed by atoms with Crippen molar-refractivity contribution in [3.8, 4) is 33.8 Å². The summed E-state index contributed by atoms with van der Waals surface area (Å²) in [6, 6.07) is 47.5. The van der Waals surface area contributed by atoms with Crippen molar-refractivity contribution in [1.82, 2.24) is 9.97 Å². The van der Waals surface area contributed by atoms with Crippen LogP contribution < -0.4 is 4.90 Å². The maximum absolute atomic E-state index is 5.37. The number of aromatic nitrogens is 2. The zero-order chi connectivity index (χ0) is 31.3. The Balaban J connectivity index is 1.39. The molecule has 6 aromatic carbocycles. The van der Waals surface area contributed by atoms with Gasteiger partial charge < -0.3 is 0 Å². The molecule has 0 atom stereocenters. The van der Waals surface area contributed by atoms with E-state index in [9.17, 15) is 0 Å². The fraction of sp³-hybridized carbons (Fsp3) is 0.0233. The first-order valence-electron chi connectivity index (χ1n) is 15.9. The standard InChI is InChI=1S/C43H29N3S/c1-2-3-5-15-28-16-8-9-20-31(28)36-27-39(45-43(44-36)29-17-6-4-7-18-29)46-37-24-12-10-21-32(37)34-23-14-19-30-26-35-33-22-11-13-25-38(33)47-42(35)41(46)40(30)34/h2-27H,1H3/b3-2-,15-5-. The van der Waals surface area contributed by atoms with Gasteiger partial charge >= 0.3 is 0 Å². The van der Waals surface area contributed by atoms with Crippen LogP contribution in [0.15, 0.2) is 152 Å². The Kier molecular flexibility index (Phi) is 6.54. The van der Waals surface area contributed by atoms with Gasteiger partial charge in [-0.15, -0.1) is 11.3 Å². The van der Waals surface area contributed by atoms with Crippen LogP contribution in [0.3, 0.4) is 0 Å². The predicted molar refractivity (Wildman–Crippen MR) is 201 cm³/mol. The number of hydrogen-bond acceptors (Lipinski definition) is 4. The minimum Gasteiger partial charge on any atom is -0.292 e. The van der Waals surface area contributed by atoms with E-state index in [1.807, 2.05) is 42.5 Å². The summed E-state index contributed by atoms with van der Waals surface area (Å²) in [6.07, 6.45) is 8.32. The fourth-order valence-corrected chi connectivity index (χ4v) is 8.07. The predicted octanol–water partition coefficient (Wildman–Crippen LogP) is 12.4. The third kappa shape index (κ3) is 4.49. The molecule has 0 spiro atoms. The van der Waals surface area contributed by atoms with Crippen molar-refractivity contribution in [1.29, 1.82) is 0 Å². The zero-order valence-corrected chi connectivity index (χ0v) is 26.6. The van der Waals surface area contributed by atoms with E-state index in [1.54, 1.807) is 0 Å². The van der Waals surface area contributed by atoms with Crippen LogP contribution >= 0.6 is 11.3 Å². The van der Waals surface area contributed by atoms with Crippen molar-refractivity contribution in [3.63, 3.8) is 0 Å². The van der Waals surface area contributed by atoms with E-state index in [0.29, 0.717) is 5.82 Å². The summed E-state index contributed by atoms with van der Waals surface area (Å²) in [4.78, 5) is 13.0. The highest BCUT2D eigenvalue weighted by Crippen LogP contribution is 2.55. The molecular formula is C43H29N3S. The number of thiophene rings is 1. The number of allylic oxidation sites excluding steroid dienone is 3. The van der Waals surface area contributed by atoms with Crippen LogP contribution in [-0.4, -0.2) is 9.97 Å². The van der Waals surface area contributed by atoms with E-state index < -0.39 is 0 Å². The van der Waals surface area contributed by atoms with Crippen molar-refractivity contribution in [3.05, 3.63) is 157 Å². The summed E-state index contributed by atoms with van der Waals surface area (Å²) in [5.74, 6) is 1.54. The molecule has 0 N–H and O–H groups in total. The summed E-state index contributed by atoms with van der Waals surface area (Å²) in [6.45, 7) is 2.03. The van der Waals surface area contributed by atoms with Crippen molar-refractivity contribution < 1.29 is 0 Å². The monoisotopic (exact) mass is 619 g/mol. The molecule has 0 aliphatic carbocycles. The summed E-state index contributed by atoms with van der Waals surface area (Å²) in [7, 11) is 0. The smallest absolute Gasteiger partial charge is 0.162 e. The van der Waals surface area contributed by atoms with Gasteiger partial charge in [-0.25, -0.2) is 9.97 Å². The second kappa shape index (κ2) is 11.2. The first kappa shape index (κ1) is 27.5. The van der Waals surface area contributed by atoms with Gasteiger partial charge in [-0.1, -0.05) is 133 Å². The molecule has 0 saturated carbocycles. The van der Waals surface area contributed by atoms with E-state index in [4.69, 9.17) is 9.97 Å². The molecule has 0 unspecified atom stereocenters.